The van der Waals surface area contributed by atoms with Gasteiger partial charge in [0.05, 0.1) is 46.3 Å². The molecule has 0 bridgehead atoms. The highest BCUT2D eigenvalue weighted by atomic mass is 16.5. The molecule has 3 aliphatic rings. The molecule has 9 rings (SSSR count). The van der Waals surface area contributed by atoms with Gasteiger partial charge < -0.3 is 15.0 Å². The lowest BCUT2D eigenvalue weighted by Crippen LogP contribution is -2.44. The highest BCUT2D eigenvalue weighted by Gasteiger charge is 2.32. The topological polar surface area (TPSA) is 176 Å². The van der Waals surface area contributed by atoms with Crippen LogP contribution in [-0.4, -0.2) is 93.5 Å². The smallest absolute Gasteiger partial charge is 0.329 e. The number of nitrogens with zero attached hydrogens (tertiary/aromatic N) is 9. The molecule has 3 fully saturated rings. The van der Waals surface area contributed by atoms with Crippen LogP contribution in [0.1, 0.15) is 84.9 Å². The molecule has 308 valence electrons. The van der Waals surface area contributed by atoms with Gasteiger partial charge in [-0.15, -0.1) is 0 Å². The van der Waals surface area contributed by atoms with Gasteiger partial charge in [0.25, 0.3) is 5.91 Å². The Morgan fingerprint density at radius 2 is 1.82 bits per heavy atom. The highest BCUT2D eigenvalue weighted by Crippen LogP contribution is 2.36. The number of pyridine rings is 1. The molecule has 0 radical (unpaired) electrons. The van der Waals surface area contributed by atoms with Crippen LogP contribution < -0.4 is 16.3 Å². The molecular weight excluding hydrogens is 763 g/mol. The SMILES string of the molecule is Cc1ccc(-c2nn(C3CCC(CN4CCC(OCC#Cc5cccc6c5n(C)c(=O)n6C5CCC(=O)NC5=O)CC4)CC3)cc2NC(=O)c2cnn3cccnc23)nc1. The molecule has 3 amide bonds. The molecule has 16 heteroatoms. The second-order valence-electron chi connectivity index (χ2n) is 16.1. The van der Waals surface area contributed by atoms with Gasteiger partial charge in [-0.05, 0) is 87.6 Å². The molecule has 6 aromatic rings. The van der Waals surface area contributed by atoms with Crippen molar-refractivity contribution in [3.8, 4) is 23.2 Å². The van der Waals surface area contributed by atoms with E-state index in [1.807, 2.05) is 54.3 Å². The van der Waals surface area contributed by atoms with Crippen molar-refractivity contribution in [3.63, 3.8) is 0 Å². The predicted octanol–water partition coefficient (Wildman–Crippen LogP) is 4.44. The van der Waals surface area contributed by atoms with Gasteiger partial charge in [-0.2, -0.15) is 10.2 Å². The van der Waals surface area contributed by atoms with E-state index in [0.717, 1.165) is 63.7 Å². The van der Waals surface area contributed by atoms with Crippen LogP contribution in [0.5, 0.6) is 0 Å². The molecule has 0 spiro atoms. The lowest BCUT2D eigenvalue weighted by Gasteiger charge is -2.36. The Morgan fingerprint density at radius 3 is 2.60 bits per heavy atom. The van der Waals surface area contributed by atoms with Crippen LogP contribution in [0.4, 0.5) is 5.69 Å². The number of hydrogen-bond acceptors (Lipinski definition) is 10. The molecule has 1 saturated carbocycles. The number of para-hydroxylation sites is 1. The number of likely N-dealkylation sites (tertiary alicyclic amines) is 1. The molecule has 1 aliphatic carbocycles. The Hall–Kier alpha value is -6.44. The van der Waals surface area contributed by atoms with Gasteiger partial charge in [0.2, 0.25) is 11.8 Å². The van der Waals surface area contributed by atoms with Gasteiger partial charge in [0.1, 0.15) is 23.9 Å². The van der Waals surface area contributed by atoms with Crippen molar-refractivity contribution in [2.24, 2.45) is 13.0 Å². The van der Waals surface area contributed by atoms with Crippen LogP contribution >= 0.6 is 0 Å². The number of carbonyl (C=O) groups excluding carboxylic acids is 3. The second kappa shape index (κ2) is 16.7. The molecule has 60 heavy (non-hydrogen) atoms. The first-order chi connectivity index (χ1) is 29.2. The summed E-state index contributed by atoms with van der Waals surface area (Å²) in [5.41, 5.74) is 5.51. The third-order valence-corrected chi connectivity index (χ3v) is 12.1. The number of ether oxygens (including phenoxy) is 1. The van der Waals surface area contributed by atoms with Crippen LogP contribution in [-0.2, 0) is 21.4 Å². The fraction of sp³-hybridized carbons (Fsp3) is 0.409. The lowest BCUT2D eigenvalue weighted by atomic mass is 9.85. The summed E-state index contributed by atoms with van der Waals surface area (Å²) in [4.78, 5) is 62.6. The zero-order chi connectivity index (χ0) is 41.3. The van der Waals surface area contributed by atoms with Gasteiger partial charge in [-0.25, -0.2) is 14.3 Å². The Bertz CT molecular complexity index is 2700. The fourth-order valence-corrected chi connectivity index (χ4v) is 8.92. The first-order valence-corrected chi connectivity index (χ1v) is 20.7. The van der Waals surface area contributed by atoms with E-state index in [9.17, 15) is 19.2 Å². The minimum absolute atomic E-state index is 0.135. The molecule has 1 atom stereocenters. The van der Waals surface area contributed by atoms with Gasteiger partial charge >= 0.3 is 5.69 Å². The maximum absolute atomic E-state index is 13.5. The van der Waals surface area contributed by atoms with Crippen LogP contribution in [0.25, 0.3) is 28.1 Å². The maximum atomic E-state index is 13.5. The number of carbonyl (C=O) groups is 3. The number of aromatic nitrogens is 8. The van der Waals surface area contributed by atoms with Crippen LogP contribution in [0, 0.1) is 24.7 Å². The summed E-state index contributed by atoms with van der Waals surface area (Å²) in [6.45, 7) is 5.29. The Morgan fingerprint density at radius 1 is 0.983 bits per heavy atom. The summed E-state index contributed by atoms with van der Waals surface area (Å²) in [5.74, 6) is 5.87. The number of aryl methyl sites for hydroxylation is 2. The monoisotopic (exact) mass is 809 g/mol. The van der Waals surface area contributed by atoms with Crippen LogP contribution in [0.15, 0.2) is 72.2 Å². The predicted molar refractivity (Wildman–Crippen MR) is 223 cm³/mol. The van der Waals surface area contributed by atoms with E-state index in [-0.39, 0.29) is 49.1 Å². The Kier molecular flexibility index (Phi) is 10.8. The van der Waals surface area contributed by atoms with Crippen molar-refractivity contribution < 1.29 is 19.1 Å². The molecule has 2 saturated heterocycles. The van der Waals surface area contributed by atoms with Crippen molar-refractivity contribution in [2.75, 3.05) is 31.6 Å². The van der Waals surface area contributed by atoms with E-state index >= 15 is 0 Å². The number of imidazole rings is 1. The standard InChI is InChI=1S/C44H47N11O5/c1-28-9-14-34(46-24-28)39-35(48-42(57)33-25-47-53-20-5-19-45-41(33)53)27-54(50-39)31-12-10-29(11-13-31)26-52-21-17-32(18-22-52)60-23-4-7-30-6-3-8-36-40(30)51(2)44(59)55(36)37-15-16-38(56)49-43(37)58/h3,5-6,8-9,14,19-20,24-25,27,29,31-32,37H,10-13,15-18,21-23,26H2,1-2H3,(H,48,57)(H,49,56,58). The highest BCUT2D eigenvalue weighted by molar-refractivity contribution is 6.09. The van der Waals surface area contributed by atoms with E-state index in [1.54, 1.807) is 30.0 Å². The minimum Gasteiger partial charge on any atom is -0.365 e. The zero-order valence-corrected chi connectivity index (χ0v) is 33.7. The molecular formula is C44H47N11O5. The van der Waals surface area contributed by atoms with Gasteiger partial charge in [-0.1, -0.05) is 24.0 Å². The van der Waals surface area contributed by atoms with Gasteiger partial charge in [-0.3, -0.25) is 38.5 Å². The summed E-state index contributed by atoms with van der Waals surface area (Å²) in [7, 11) is 1.68. The van der Waals surface area contributed by atoms with Crippen molar-refractivity contribution in [1.29, 1.82) is 0 Å². The number of anilines is 1. The van der Waals surface area contributed by atoms with Crippen molar-refractivity contribution in [2.45, 2.75) is 76.5 Å². The van der Waals surface area contributed by atoms with Crippen LogP contribution in [0.2, 0.25) is 0 Å². The van der Waals surface area contributed by atoms with Crippen molar-refractivity contribution in [3.05, 3.63) is 94.6 Å². The first kappa shape index (κ1) is 39.0. The normalized spacial score (nSPS) is 20.3. The van der Waals surface area contributed by atoms with E-state index in [4.69, 9.17) is 9.84 Å². The first-order valence-electron chi connectivity index (χ1n) is 20.7. The zero-order valence-electron chi connectivity index (χ0n) is 33.7. The van der Waals surface area contributed by atoms with Crippen molar-refractivity contribution >= 4 is 40.1 Å². The Balaban J connectivity index is 0.773. The van der Waals surface area contributed by atoms with Gasteiger partial charge in [0.15, 0.2) is 5.65 Å². The minimum atomic E-state index is -0.741. The summed E-state index contributed by atoms with van der Waals surface area (Å²) in [6.07, 6.45) is 15.4. The molecule has 2 aliphatic heterocycles. The molecule has 7 heterocycles. The average molecular weight is 810 g/mol. The summed E-state index contributed by atoms with van der Waals surface area (Å²) in [5, 5.41) is 14.7. The number of rotatable bonds is 9. The molecule has 1 unspecified atom stereocenters. The molecule has 5 aromatic heterocycles. The van der Waals surface area contributed by atoms with Crippen molar-refractivity contribution in [1.82, 2.24) is 48.7 Å². The van der Waals surface area contributed by atoms with E-state index in [0.29, 0.717) is 50.8 Å². The number of hydrogen-bond donors (Lipinski definition) is 2. The maximum Gasteiger partial charge on any atom is 0.329 e. The average Bonchev–Trinajstić information content (AvgIpc) is 3.95. The van der Waals surface area contributed by atoms with E-state index < -0.39 is 11.9 Å². The van der Waals surface area contributed by atoms with Gasteiger partial charge in [0, 0.05) is 57.9 Å². The van der Waals surface area contributed by atoms with E-state index in [1.165, 1.54) is 15.3 Å². The number of imide groups is 1. The summed E-state index contributed by atoms with van der Waals surface area (Å²) in [6, 6.07) is 10.7. The summed E-state index contributed by atoms with van der Waals surface area (Å²) < 4.78 is 12.8. The Labute approximate surface area is 345 Å². The number of amides is 3. The number of fused-ring (bicyclic) bond motifs is 2. The number of piperidine rings is 2. The van der Waals surface area contributed by atoms with Crippen LogP contribution in [0.3, 0.4) is 0 Å². The number of benzene rings is 1. The quantitative estimate of drug-likeness (QED) is 0.157. The fourth-order valence-electron chi connectivity index (χ4n) is 8.92. The second-order valence-corrected chi connectivity index (χ2v) is 16.1. The lowest BCUT2D eigenvalue weighted by molar-refractivity contribution is -0.135. The third-order valence-electron chi connectivity index (χ3n) is 12.1. The summed E-state index contributed by atoms with van der Waals surface area (Å²) >= 11 is 0. The number of nitrogens with one attached hydrogen (secondary N) is 2. The molecule has 1 aromatic carbocycles. The molecule has 16 nitrogen and oxygen atoms in total. The largest absolute Gasteiger partial charge is 0.365 e. The third kappa shape index (κ3) is 7.85. The van der Waals surface area contributed by atoms with E-state index in [2.05, 4.69) is 42.4 Å². The molecule has 2 N–H and O–H groups in total.